The number of aromatic amines is 1. The van der Waals surface area contributed by atoms with Gasteiger partial charge in [-0.1, -0.05) is 0 Å². The second-order valence-corrected chi connectivity index (χ2v) is 6.37. The number of carbonyl (C=O) groups is 1. The van der Waals surface area contributed by atoms with Crippen molar-refractivity contribution in [3.8, 4) is 11.3 Å². The van der Waals surface area contributed by atoms with Crippen molar-refractivity contribution in [3.63, 3.8) is 0 Å². The van der Waals surface area contributed by atoms with E-state index < -0.39 is 0 Å². The van der Waals surface area contributed by atoms with Gasteiger partial charge in [-0.3, -0.25) is 19.3 Å². The second kappa shape index (κ2) is 6.55. The first-order valence-electron chi connectivity index (χ1n) is 8.41. The first-order valence-corrected chi connectivity index (χ1v) is 8.41. The van der Waals surface area contributed by atoms with Crippen LogP contribution in [0.3, 0.4) is 0 Å². The maximum atomic E-state index is 12.5. The predicted molar refractivity (Wildman–Crippen MR) is 94.6 cm³/mol. The van der Waals surface area contributed by atoms with E-state index in [1.165, 1.54) is 6.07 Å². The number of rotatable bonds is 3. The highest BCUT2D eigenvalue weighted by Crippen LogP contribution is 2.26. The molecule has 4 rings (SSSR count). The van der Waals surface area contributed by atoms with E-state index in [1.807, 2.05) is 6.07 Å². The number of nitrogens with zero attached hydrogens (tertiary/aromatic N) is 5. The van der Waals surface area contributed by atoms with Gasteiger partial charge >= 0.3 is 0 Å². The smallest absolute Gasteiger partial charge is 0.274 e. The average molecular weight is 350 g/mol. The Bertz CT molecular complexity index is 994. The SMILES string of the molecule is Cn1ccc(C(=O)N2CC[C@H](c3nc(-c4cccnc4)cc(=O)[nH]3)C2)n1. The van der Waals surface area contributed by atoms with Gasteiger partial charge in [-0.25, -0.2) is 4.98 Å². The molecule has 0 unspecified atom stereocenters. The molecule has 8 heteroatoms. The zero-order chi connectivity index (χ0) is 18.1. The monoisotopic (exact) mass is 350 g/mol. The number of carbonyl (C=O) groups excluding carboxylic acids is 1. The molecule has 1 saturated heterocycles. The molecular formula is C18H18N6O2. The third-order valence-corrected chi connectivity index (χ3v) is 4.51. The summed E-state index contributed by atoms with van der Waals surface area (Å²) in [5.41, 5.74) is 1.60. The van der Waals surface area contributed by atoms with Crippen LogP contribution in [0, 0.1) is 0 Å². The topological polar surface area (TPSA) is 96.8 Å². The summed E-state index contributed by atoms with van der Waals surface area (Å²) >= 11 is 0. The zero-order valence-electron chi connectivity index (χ0n) is 14.3. The summed E-state index contributed by atoms with van der Waals surface area (Å²) in [7, 11) is 1.78. The van der Waals surface area contributed by atoms with E-state index in [0.29, 0.717) is 30.3 Å². The fourth-order valence-corrected chi connectivity index (χ4v) is 3.19. The Morgan fingerprint density at radius 3 is 2.96 bits per heavy atom. The lowest BCUT2D eigenvalue weighted by Crippen LogP contribution is -2.29. The van der Waals surface area contributed by atoms with Crippen LogP contribution in [0.15, 0.2) is 47.7 Å². The van der Waals surface area contributed by atoms with Crippen LogP contribution in [0.25, 0.3) is 11.3 Å². The molecule has 0 aromatic carbocycles. The van der Waals surface area contributed by atoms with Crippen LogP contribution in [-0.4, -0.2) is 48.6 Å². The van der Waals surface area contributed by atoms with Crippen LogP contribution in [0.4, 0.5) is 0 Å². The van der Waals surface area contributed by atoms with Gasteiger partial charge in [0.25, 0.3) is 11.5 Å². The number of hydrogen-bond donors (Lipinski definition) is 1. The largest absolute Gasteiger partial charge is 0.336 e. The normalized spacial score (nSPS) is 16.8. The Labute approximate surface area is 149 Å². The number of H-pyrrole nitrogens is 1. The van der Waals surface area contributed by atoms with Gasteiger partial charge in [-0.05, 0) is 24.6 Å². The third kappa shape index (κ3) is 3.13. The van der Waals surface area contributed by atoms with Gasteiger partial charge in [-0.15, -0.1) is 0 Å². The molecule has 0 spiro atoms. The predicted octanol–water partition coefficient (Wildman–Crippen LogP) is 1.20. The highest BCUT2D eigenvalue weighted by atomic mass is 16.2. The molecule has 1 aliphatic heterocycles. The van der Waals surface area contributed by atoms with E-state index in [1.54, 1.807) is 47.4 Å². The van der Waals surface area contributed by atoms with Crippen LogP contribution in [0.2, 0.25) is 0 Å². The lowest BCUT2D eigenvalue weighted by Gasteiger charge is -2.15. The Hall–Kier alpha value is -3.29. The number of nitrogens with one attached hydrogen (secondary N) is 1. The summed E-state index contributed by atoms with van der Waals surface area (Å²) in [4.78, 5) is 37.9. The minimum Gasteiger partial charge on any atom is -0.336 e. The van der Waals surface area contributed by atoms with Gasteiger partial charge in [0.1, 0.15) is 11.5 Å². The summed E-state index contributed by atoms with van der Waals surface area (Å²) in [5, 5.41) is 4.17. The number of aryl methyl sites for hydroxylation is 1. The Kier molecular flexibility index (Phi) is 4.08. The van der Waals surface area contributed by atoms with E-state index >= 15 is 0 Å². The maximum absolute atomic E-state index is 12.5. The molecule has 0 saturated carbocycles. The minimum absolute atomic E-state index is 0.00742. The van der Waals surface area contributed by atoms with Gasteiger partial charge in [0, 0.05) is 56.3 Å². The van der Waals surface area contributed by atoms with Crippen molar-refractivity contribution in [1.82, 2.24) is 29.6 Å². The van der Waals surface area contributed by atoms with Crippen LogP contribution in [0.5, 0.6) is 0 Å². The molecular weight excluding hydrogens is 332 g/mol. The fraction of sp³-hybridized carbons (Fsp3) is 0.278. The van der Waals surface area contributed by atoms with E-state index in [9.17, 15) is 9.59 Å². The van der Waals surface area contributed by atoms with E-state index in [0.717, 1.165) is 12.0 Å². The third-order valence-electron chi connectivity index (χ3n) is 4.51. The number of amides is 1. The molecule has 3 aromatic heterocycles. The average Bonchev–Trinajstić information content (AvgIpc) is 3.31. The summed E-state index contributed by atoms with van der Waals surface area (Å²) in [6.07, 6.45) is 5.85. The number of pyridine rings is 1. The van der Waals surface area contributed by atoms with Crippen molar-refractivity contribution in [1.29, 1.82) is 0 Å². The molecule has 1 N–H and O–H groups in total. The Morgan fingerprint density at radius 1 is 1.35 bits per heavy atom. The van der Waals surface area contributed by atoms with Crippen LogP contribution in [-0.2, 0) is 7.05 Å². The van der Waals surface area contributed by atoms with Crippen LogP contribution in [0.1, 0.15) is 28.7 Å². The van der Waals surface area contributed by atoms with Gasteiger partial charge in [0.05, 0.1) is 5.69 Å². The molecule has 0 radical (unpaired) electrons. The number of hydrogen-bond acceptors (Lipinski definition) is 5. The molecule has 1 aliphatic rings. The molecule has 132 valence electrons. The molecule has 0 bridgehead atoms. The lowest BCUT2D eigenvalue weighted by atomic mass is 10.1. The molecule has 1 fully saturated rings. The molecule has 4 heterocycles. The molecule has 0 aliphatic carbocycles. The van der Waals surface area contributed by atoms with Crippen LogP contribution >= 0.6 is 0 Å². The Morgan fingerprint density at radius 2 is 2.23 bits per heavy atom. The van der Waals surface area contributed by atoms with Crippen molar-refractivity contribution in [2.24, 2.45) is 7.05 Å². The molecule has 26 heavy (non-hydrogen) atoms. The fourth-order valence-electron chi connectivity index (χ4n) is 3.19. The van der Waals surface area contributed by atoms with Crippen molar-refractivity contribution in [2.75, 3.05) is 13.1 Å². The Balaban J connectivity index is 1.56. The van der Waals surface area contributed by atoms with E-state index in [-0.39, 0.29) is 17.4 Å². The summed E-state index contributed by atoms with van der Waals surface area (Å²) < 4.78 is 1.61. The van der Waals surface area contributed by atoms with Crippen molar-refractivity contribution < 1.29 is 4.79 Å². The van der Waals surface area contributed by atoms with E-state index in [4.69, 9.17) is 0 Å². The summed E-state index contributed by atoms with van der Waals surface area (Å²) in [6.45, 7) is 1.12. The molecule has 8 nitrogen and oxygen atoms in total. The number of likely N-dealkylation sites (tertiary alicyclic amines) is 1. The van der Waals surface area contributed by atoms with Gasteiger partial charge in [0.2, 0.25) is 0 Å². The second-order valence-electron chi connectivity index (χ2n) is 6.37. The highest BCUT2D eigenvalue weighted by Gasteiger charge is 2.30. The van der Waals surface area contributed by atoms with Crippen molar-refractivity contribution >= 4 is 5.91 Å². The minimum atomic E-state index is -0.205. The van der Waals surface area contributed by atoms with Gasteiger partial charge in [-0.2, -0.15) is 5.10 Å². The van der Waals surface area contributed by atoms with Gasteiger partial charge < -0.3 is 9.88 Å². The van der Waals surface area contributed by atoms with Crippen LogP contribution < -0.4 is 5.56 Å². The van der Waals surface area contributed by atoms with Crippen molar-refractivity contribution in [2.45, 2.75) is 12.3 Å². The highest BCUT2D eigenvalue weighted by molar-refractivity contribution is 5.92. The first kappa shape index (κ1) is 16.2. The maximum Gasteiger partial charge on any atom is 0.274 e. The van der Waals surface area contributed by atoms with Gasteiger partial charge in [0.15, 0.2) is 0 Å². The quantitative estimate of drug-likeness (QED) is 0.765. The zero-order valence-corrected chi connectivity index (χ0v) is 14.3. The number of aromatic nitrogens is 5. The molecule has 1 atom stereocenters. The lowest BCUT2D eigenvalue weighted by molar-refractivity contribution is 0.0784. The first-order chi connectivity index (χ1) is 12.6. The summed E-state index contributed by atoms with van der Waals surface area (Å²) in [6, 6.07) is 6.84. The standard InChI is InChI=1S/C18H18N6O2/c1-23-7-5-14(22-23)18(26)24-8-4-13(11-24)17-20-15(9-16(25)21-17)12-3-2-6-19-10-12/h2-3,5-7,9-10,13H,4,8,11H2,1H3,(H,20,21,25)/t13-/m0/s1. The molecule has 1 amide bonds. The molecule has 3 aromatic rings. The van der Waals surface area contributed by atoms with E-state index in [2.05, 4.69) is 20.1 Å². The van der Waals surface area contributed by atoms with Crippen molar-refractivity contribution in [3.05, 3.63) is 64.7 Å². The summed E-state index contributed by atoms with van der Waals surface area (Å²) in [5.74, 6) is 0.499.